The molecule has 2 N–H and O–H groups in total. The van der Waals surface area contributed by atoms with E-state index in [0.29, 0.717) is 27.5 Å². The van der Waals surface area contributed by atoms with E-state index >= 15 is 0 Å². The predicted octanol–water partition coefficient (Wildman–Crippen LogP) is 6.00. The Morgan fingerprint density at radius 1 is 0.659 bits per heavy atom. The van der Waals surface area contributed by atoms with Crippen LogP contribution in [-0.2, 0) is 0 Å². The third-order valence-corrected chi connectivity index (χ3v) is 7.30. The van der Waals surface area contributed by atoms with Crippen LogP contribution in [0.15, 0.2) is 94.4 Å². The van der Waals surface area contributed by atoms with Crippen molar-refractivity contribution in [3.8, 4) is 23.0 Å². The van der Waals surface area contributed by atoms with Crippen molar-refractivity contribution >= 4 is 43.9 Å². The summed E-state index contributed by atoms with van der Waals surface area (Å²) in [5, 5.41) is 24.7. The van der Waals surface area contributed by atoms with E-state index in [9.17, 15) is 19.8 Å². The van der Waals surface area contributed by atoms with Crippen LogP contribution in [0.25, 0.3) is 43.9 Å². The monoisotopic (exact) mass is 552 g/mol. The molecule has 10 nitrogen and oxygen atoms in total. The van der Waals surface area contributed by atoms with E-state index in [4.69, 9.17) is 27.1 Å². The van der Waals surface area contributed by atoms with Crippen LogP contribution in [-0.4, -0.2) is 24.4 Å². The number of benzene rings is 3. The van der Waals surface area contributed by atoms with E-state index in [2.05, 4.69) is 0 Å². The summed E-state index contributed by atoms with van der Waals surface area (Å²) in [5.74, 6) is -1.87. The zero-order valence-electron chi connectivity index (χ0n) is 21.6. The minimum Gasteiger partial charge on any atom is -0.506 e. The Kier molecular flexibility index (Phi) is 5.33. The fourth-order valence-corrected chi connectivity index (χ4v) is 5.55. The maximum absolute atomic E-state index is 13.6. The van der Waals surface area contributed by atoms with Gasteiger partial charge in [-0.1, -0.05) is 30.3 Å². The number of hydrogen-bond acceptors (Lipinski definition) is 10. The van der Waals surface area contributed by atoms with Gasteiger partial charge in [0.15, 0.2) is 0 Å². The van der Waals surface area contributed by atoms with Crippen molar-refractivity contribution < 1.29 is 37.4 Å². The van der Waals surface area contributed by atoms with Crippen LogP contribution >= 0.6 is 0 Å². The van der Waals surface area contributed by atoms with E-state index in [-0.39, 0.29) is 44.6 Å². The molecule has 0 unspecified atom stereocenters. The second kappa shape index (κ2) is 8.95. The van der Waals surface area contributed by atoms with Gasteiger partial charge in [0.25, 0.3) is 0 Å². The molecule has 3 aromatic carbocycles. The molecule has 204 valence electrons. The lowest BCUT2D eigenvalue weighted by Crippen LogP contribution is -2.21. The van der Waals surface area contributed by atoms with Gasteiger partial charge in [-0.2, -0.15) is 0 Å². The van der Waals surface area contributed by atoms with Crippen LogP contribution in [0.5, 0.6) is 23.0 Å². The van der Waals surface area contributed by atoms with E-state index in [0.717, 1.165) is 0 Å². The van der Waals surface area contributed by atoms with Crippen molar-refractivity contribution in [3.63, 3.8) is 0 Å². The Morgan fingerprint density at radius 3 is 1.56 bits per heavy atom. The highest BCUT2D eigenvalue weighted by molar-refractivity contribution is 6.05. The first-order valence-corrected chi connectivity index (χ1v) is 12.5. The maximum Gasteiger partial charge on any atom is 0.344 e. The molecular formula is C31H20O10. The van der Waals surface area contributed by atoms with Gasteiger partial charge in [0, 0.05) is 12.1 Å². The smallest absolute Gasteiger partial charge is 0.344 e. The number of ether oxygens (including phenoxy) is 2. The SMILES string of the molecule is COc1c2ccoc2cc2oc(=O)c(C(c3ccccc3)c3c(O)c4c(OC)c5ccoc5cc4oc3=O)c(O)c12. The molecule has 4 aromatic heterocycles. The van der Waals surface area contributed by atoms with Crippen LogP contribution in [0.4, 0.5) is 0 Å². The zero-order valence-corrected chi connectivity index (χ0v) is 21.6. The molecule has 41 heavy (non-hydrogen) atoms. The molecule has 0 saturated heterocycles. The van der Waals surface area contributed by atoms with Crippen molar-refractivity contribution in [1.29, 1.82) is 0 Å². The fraction of sp³-hybridized carbons (Fsp3) is 0.0968. The van der Waals surface area contributed by atoms with E-state index < -0.39 is 28.7 Å². The molecule has 0 spiro atoms. The van der Waals surface area contributed by atoms with Crippen molar-refractivity contribution in [3.05, 3.63) is 105 Å². The van der Waals surface area contributed by atoms with Gasteiger partial charge in [0.05, 0.1) is 54.6 Å². The second-order valence-corrected chi connectivity index (χ2v) is 9.38. The summed E-state index contributed by atoms with van der Waals surface area (Å²) in [5.41, 5.74) is -1.26. The Balaban J connectivity index is 1.62. The molecule has 0 aliphatic rings. The Bertz CT molecular complexity index is 2110. The Morgan fingerprint density at radius 2 is 1.12 bits per heavy atom. The lowest BCUT2D eigenvalue weighted by molar-refractivity contribution is 0.412. The summed E-state index contributed by atoms with van der Waals surface area (Å²) < 4.78 is 33.4. The molecule has 0 fully saturated rings. The quantitative estimate of drug-likeness (QED) is 0.244. The highest BCUT2D eigenvalue weighted by atomic mass is 16.5. The summed E-state index contributed by atoms with van der Waals surface area (Å²) in [6, 6.07) is 14.7. The third kappa shape index (κ3) is 3.43. The lowest BCUT2D eigenvalue weighted by Gasteiger charge is -2.20. The normalized spacial score (nSPS) is 11.8. The minimum atomic E-state index is -1.31. The zero-order chi connectivity index (χ0) is 28.4. The van der Waals surface area contributed by atoms with Crippen molar-refractivity contribution in [2.45, 2.75) is 5.92 Å². The van der Waals surface area contributed by atoms with Crippen molar-refractivity contribution in [1.82, 2.24) is 0 Å². The average Bonchev–Trinajstić information content (AvgIpc) is 3.64. The van der Waals surface area contributed by atoms with Gasteiger partial charge in [0.1, 0.15) is 56.1 Å². The molecule has 0 bridgehead atoms. The predicted molar refractivity (Wildman–Crippen MR) is 148 cm³/mol. The summed E-state index contributed by atoms with van der Waals surface area (Å²) in [7, 11) is 2.82. The van der Waals surface area contributed by atoms with Crippen LogP contribution in [0.3, 0.4) is 0 Å². The molecular weight excluding hydrogens is 532 g/mol. The standard InChI is InChI=1S/C31H20O10/c1-36-28-15-8-10-38-17(15)12-19-22(28)26(32)24(30(34)40-19)21(14-6-4-3-5-7-14)25-27(33)23-20(41-31(25)35)13-18-16(9-11-39-18)29(23)37-2/h3-13,21,32-33H,1-2H3. The molecule has 10 heteroatoms. The molecule has 7 rings (SSSR count). The molecule has 0 aliphatic heterocycles. The van der Waals surface area contributed by atoms with Gasteiger partial charge in [-0.3, -0.25) is 0 Å². The average molecular weight is 552 g/mol. The number of rotatable bonds is 5. The van der Waals surface area contributed by atoms with E-state index in [1.54, 1.807) is 42.5 Å². The van der Waals surface area contributed by atoms with Gasteiger partial charge >= 0.3 is 11.3 Å². The number of aromatic hydroxyl groups is 2. The molecule has 0 radical (unpaired) electrons. The Hall–Kier alpha value is -5.64. The first kappa shape index (κ1) is 24.4. The van der Waals surface area contributed by atoms with Crippen LogP contribution in [0.2, 0.25) is 0 Å². The van der Waals surface area contributed by atoms with Crippen molar-refractivity contribution in [2.75, 3.05) is 14.2 Å². The molecule has 0 aliphatic carbocycles. The maximum atomic E-state index is 13.6. The summed E-state index contributed by atoms with van der Waals surface area (Å²) >= 11 is 0. The Labute approximate surface area is 229 Å². The van der Waals surface area contributed by atoms with E-state index in [1.807, 2.05) is 0 Å². The number of fused-ring (bicyclic) bond motifs is 4. The third-order valence-electron chi connectivity index (χ3n) is 7.30. The van der Waals surface area contributed by atoms with Gasteiger partial charge in [-0.15, -0.1) is 0 Å². The number of methoxy groups -OCH3 is 2. The topological polar surface area (TPSA) is 146 Å². The van der Waals surface area contributed by atoms with Crippen LogP contribution in [0, 0.1) is 0 Å². The van der Waals surface area contributed by atoms with Crippen LogP contribution < -0.4 is 20.7 Å². The van der Waals surface area contributed by atoms with Gasteiger partial charge in [-0.25, -0.2) is 9.59 Å². The molecule has 0 saturated carbocycles. The summed E-state index contributed by atoms with van der Waals surface area (Å²) in [6.45, 7) is 0. The van der Waals surface area contributed by atoms with Crippen LogP contribution in [0.1, 0.15) is 22.6 Å². The van der Waals surface area contributed by atoms with E-state index in [1.165, 1.54) is 38.9 Å². The molecule has 0 atom stereocenters. The van der Waals surface area contributed by atoms with Crippen molar-refractivity contribution in [2.24, 2.45) is 0 Å². The fourth-order valence-electron chi connectivity index (χ4n) is 5.55. The number of furan rings is 2. The highest BCUT2D eigenvalue weighted by Gasteiger charge is 2.34. The summed E-state index contributed by atoms with van der Waals surface area (Å²) in [4.78, 5) is 27.2. The molecule has 4 heterocycles. The van der Waals surface area contributed by atoms with Gasteiger partial charge < -0.3 is 37.4 Å². The summed E-state index contributed by atoms with van der Waals surface area (Å²) in [6.07, 6.45) is 2.88. The second-order valence-electron chi connectivity index (χ2n) is 9.38. The molecule has 7 aromatic rings. The first-order chi connectivity index (χ1) is 19.9. The van der Waals surface area contributed by atoms with Gasteiger partial charge in [0.2, 0.25) is 0 Å². The highest BCUT2D eigenvalue weighted by Crippen LogP contribution is 2.48. The van der Waals surface area contributed by atoms with Gasteiger partial charge in [-0.05, 0) is 17.7 Å². The minimum absolute atomic E-state index is 0.0150. The number of hydrogen-bond donors (Lipinski definition) is 2. The largest absolute Gasteiger partial charge is 0.506 e. The lowest BCUT2D eigenvalue weighted by atomic mass is 9.84. The molecule has 0 amide bonds. The first-order valence-electron chi connectivity index (χ1n) is 12.5.